The average molecular weight is 253 g/mol. The molecule has 0 bridgehead atoms. The van der Waals surface area contributed by atoms with Crippen LogP contribution in [0.25, 0.3) is 5.57 Å². The minimum atomic E-state index is -0.509. The van der Waals surface area contributed by atoms with E-state index in [0.717, 1.165) is 11.1 Å². The van der Waals surface area contributed by atoms with Crippen molar-refractivity contribution in [1.82, 2.24) is 0 Å². The zero-order chi connectivity index (χ0) is 13.7. The van der Waals surface area contributed by atoms with Gasteiger partial charge in [-0.15, -0.1) is 0 Å². The number of hydrogen-bond donors (Lipinski definition) is 1. The number of primary amides is 1. The Bertz CT molecular complexity index is 603. The molecule has 96 valence electrons. The molecule has 2 rings (SSSR count). The minimum Gasteiger partial charge on any atom is -0.464 e. The van der Waals surface area contributed by atoms with Crippen molar-refractivity contribution in [3.8, 4) is 5.75 Å². The van der Waals surface area contributed by atoms with Crippen LogP contribution in [0, 0.1) is 6.92 Å². The second kappa shape index (κ2) is 5.87. The molecule has 0 fully saturated rings. The van der Waals surface area contributed by atoms with Crippen molar-refractivity contribution in [2.45, 2.75) is 6.92 Å². The van der Waals surface area contributed by atoms with Crippen LogP contribution in [0.3, 0.4) is 0 Å². The summed E-state index contributed by atoms with van der Waals surface area (Å²) in [6.45, 7) is 1.93. The maximum atomic E-state index is 11.5. The van der Waals surface area contributed by atoms with Crippen LogP contribution in [0.4, 0.5) is 0 Å². The molecule has 2 aromatic rings. The van der Waals surface area contributed by atoms with Crippen LogP contribution >= 0.6 is 0 Å². The molecule has 1 amide bonds. The molecule has 0 aromatic heterocycles. The van der Waals surface area contributed by atoms with Crippen LogP contribution in [0.15, 0.2) is 60.9 Å². The lowest BCUT2D eigenvalue weighted by Crippen LogP contribution is -2.14. The molecule has 3 heteroatoms. The predicted molar refractivity (Wildman–Crippen MR) is 75.4 cm³/mol. The normalized spacial score (nSPS) is 11.1. The standard InChI is InChI=1S/C16H15NO2/c1-12-7-5-6-10-14(12)15(16(17)18)11-19-13-8-3-2-4-9-13/h2-11H,1H3,(H2,17,18). The Morgan fingerprint density at radius 3 is 2.32 bits per heavy atom. The molecule has 0 aliphatic heterocycles. The third-order valence-electron chi connectivity index (χ3n) is 2.76. The number of ether oxygens (including phenoxy) is 1. The highest BCUT2D eigenvalue weighted by Crippen LogP contribution is 2.19. The fourth-order valence-corrected chi connectivity index (χ4v) is 1.76. The smallest absolute Gasteiger partial charge is 0.252 e. The third-order valence-corrected chi connectivity index (χ3v) is 2.76. The van der Waals surface area contributed by atoms with Crippen molar-refractivity contribution in [2.75, 3.05) is 0 Å². The van der Waals surface area contributed by atoms with Gasteiger partial charge in [0.05, 0.1) is 5.57 Å². The number of hydrogen-bond acceptors (Lipinski definition) is 2. The summed E-state index contributed by atoms with van der Waals surface area (Å²) in [5, 5.41) is 0. The van der Waals surface area contributed by atoms with Gasteiger partial charge in [0.15, 0.2) is 0 Å². The van der Waals surface area contributed by atoms with Gasteiger partial charge in [-0.2, -0.15) is 0 Å². The number of nitrogens with two attached hydrogens (primary N) is 1. The minimum absolute atomic E-state index is 0.363. The highest BCUT2D eigenvalue weighted by molar-refractivity contribution is 6.18. The van der Waals surface area contributed by atoms with E-state index in [-0.39, 0.29) is 0 Å². The summed E-state index contributed by atoms with van der Waals surface area (Å²) in [6.07, 6.45) is 1.40. The van der Waals surface area contributed by atoms with E-state index in [1.165, 1.54) is 6.26 Å². The van der Waals surface area contributed by atoms with Crippen molar-refractivity contribution in [3.63, 3.8) is 0 Å². The van der Waals surface area contributed by atoms with Crippen molar-refractivity contribution in [2.24, 2.45) is 5.73 Å². The number of carbonyl (C=O) groups excluding carboxylic acids is 1. The molecular formula is C16H15NO2. The Labute approximate surface area is 112 Å². The lowest BCUT2D eigenvalue weighted by molar-refractivity contribution is -0.112. The summed E-state index contributed by atoms with van der Waals surface area (Å²) in [6, 6.07) is 16.8. The first-order valence-electron chi connectivity index (χ1n) is 5.96. The highest BCUT2D eigenvalue weighted by atomic mass is 16.5. The lowest BCUT2D eigenvalue weighted by atomic mass is 10.0. The predicted octanol–water partition coefficient (Wildman–Crippen LogP) is 2.90. The fourth-order valence-electron chi connectivity index (χ4n) is 1.76. The Balaban J connectivity index is 2.31. The van der Waals surface area contributed by atoms with Crippen LogP contribution in [0.2, 0.25) is 0 Å². The van der Waals surface area contributed by atoms with Crippen molar-refractivity contribution >= 4 is 11.5 Å². The molecule has 19 heavy (non-hydrogen) atoms. The number of rotatable bonds is 4. The topological polar surface area (TPSA) is 52.3 Å². The number of benzene rings is 2. The molecule has 0 unspecified atom stereocenters. The van der Waals surface area contributed by atoms with E-state index in [4.69, 9.17) is 10.5 Å². The lowest BCUT2D eigenvalue weighted by Gasteiger charge is -2.08. The van der Waals surface area contributed by atoms with Gasteiger partial charge < -0.3 is 10.5 Å². The van der Waals surface area contributed by atoms with Crippen LogP contribution in [0.1, 0.15) is 11.1 Å². The quantitative estimate of drug-likeness (QED) is 0.672. The molecule has 2 N–H and O–H groups in total. The van der Waals surface area contributed by atoms with Crippen molar-refractivity contribution in [3.05, 3.63) is 72.0 Å². The molecule has 0 saturated carbocycles. The molecular weight excluding hydrogens is 238 g/mol. The maximum absolute atomic E-state index is 11.5. The van der Waals surface area contributed by atoms with Gasteiger partial charge in [-0.1, -0.05) is 42.5 Å². The zero-order valence-electron chi connectivity index (χ0n) is 10.7. The Morgan fingerprint density at radius 2 is 1.68 bits per heavy atom. The van der Waals surface area contributed by atoms with Gasteiger partial charge in [-0.25, -0.2) is 0 Å². The number of para-hydroxylation sites is 1. The molecule has 0 aliphatic rings. The first kappa shape index (κ1) is 12.9. The van der Waals surface area contributed by atoms with Gasteiger partial charge in [0.25, 0.3) is 5.91 Å². The third kappa shape index (κ3) is 3.22. The van der Waals surface area contributed by atoms with Gasteiger partial charge in [-0.05, 0) is 30.2 Å². The van der Waals surface area contributed by atoms with Gasteiger partial charge in [0, 0.05) is 0 Å². The van der Waals surface area contributed by atoms with E-state index in [1.807, 2.05) is 61.5 Å². The Hall–Kier alpha value is -2.55. The SMILES string of the molecule is Cc1ccccc1C(=COc1ccccc1)C(N)=O. The molecule has 0 aliphatic carbocycles. The van der Waals surface area contributed by atoms with Gasteiger partial charge in [0.2, 0.25) is 0 Å². The van der Waals surface area contributed by atoms with Crippen LogP contribution in [0.5, 0.6) is 5.75 Å². The molecule has 0 saturated heterocycles. The summed E-state index contributed by atoms with van der Waals surface area (Å²) < 4.78 is 5.48. The average Bonchev–Trinajstić information content (AvgIpc) is 2.42. The van der Waals surface area contributed by atoms with E-state index in [2.05, 4.69) is 0 Å². The van der Waals surface area contributed by atoms with Crippen molar-refractivity contribution < 1.29 is 9.53 Å². The van der Waals surface area contributed by atoms with Gasteiger partial charge >= 0.3 is 0 Å². The summed E-state index contributed by atoms with van der Waals surface area (Å²) >= 11 is 0. The molecule has 2 aromatic carbocycles. The van der Waals surface area contributed by atoms with Crippen LogP contribution in [-0.4, -0.2) is 5.91 Å². The van der Waals surface area contributed by atoms with E-state index >= 15 is 0 Å². The fraction of sp³-hybridized carbons (Fsp3) is 0.0625. The van der Waals surface area contributed by atoms with Crippen LogP contribution in [-0.2, 0) is 4.79 Å². The van der Waals surface area contributed by atoms with E-state index in [1.54, 1.807) is 0 Å². The highest BCUT2D eigenvalue weighted by Gasteiger charge is 2.11. The van der Waals surface area contributed by atoms with Crippen LogP contribution < -0.4 is 10.5 Å². The second-order valence-corrected chi connectivity index (χ2v) is 4.14. The summed E-state index contributed by atoms with van der Waals surface area (Å²) in [7, 11) is 0. The molecule has 0 atom stereocenters. The first-order chi connectivity index (χ1) is 9.18. The molecule has 0 radical (unpaired) electrons. The van der Waals surface area contributed by atoms with Gasteiger partial charge in [0.1, 0.15) is 12.0 Å². The first-order valence-corrected chi connectivity index (χ1v) is 5.96. The summed E-state index contributed by atoms with van der Waals surface area (Å²) in [4.78, 5) is 11.5. The van der Waals surface area contributed by atoms with Gasteiger partial charge in [-0.3, -0.25) is 4.79 Å². The van der Waals surface area contributed by atoms with E-state index in [9.17, 15) is 4.79 Å². The van der Waals surface area contributed by atoms with E-state index in [0.29, 0.717) is 11.3 Å². The number of carbonyl (C=O) groups is 1. The largest absolute Gasteiger partial charge is 0.464 e. The molecule has 3 nitrogen and oxygen atoms in total. The summed E-state index contributed by atoms with van der Waals surface area (Å²) in [5.41, 5.74) is 7.54. The molecule has 0 spiro atoms. The Kier molecular flexibility index (Phi) is 3.98. The number of aryl methyl sites for hydroxylation is 1. The molecule has 0 heterocycles. The van der Waals surface area contributed by atoms with Crippen molar-refractivity contribution in [1.29, 1.82) is 0 Å². The zero-order valence-corrected chi connectivity index (χ0v) is 10.7. The summed E-state index contributed by atoms with van der Waals surface area (Å²) in [5.74, 6) is 0.153. The monoisotopic (exact) mass is 253 g/mol. The Morgan fingerprint density at radius 1 is 1.05 bits per heavy atom. The maximum Gasteiger partial charge on any atom is 0.252 e. The second-order valence-electron chi connectivity index (χ2n) is 4.14. The van der Waals surface area contributed by atoms with E-state index < -0.39 is 5.91 Å². The number of amides is 1.